The number of hydrogen-bond donors (Lipinski definition) is 2. The highest BCUT2D eigenvalue weighted by Gasteiger charge is 2.20. The number of allylic oxidation sites excluding steroid dienone is 1. The number of aromatic nitrogens is 1. The molecule has 1 heterocycles. The first-order chi connectivity index (χ1) is 12.1. The van der Waals surface area contributed by atoms with Gasteiger partial charge in [0.2, 0.25) is 0 Å². The Morgan fingerprint density at radius 2 is 2.08 bits per heavy atom. The molecule has 0 bridgehead atoms. The Labute approximate surface area is 150 Å². The highest BCUT2D eigenvalue weighted by Crippen LogP contribution is 2.29. The number of rotatable bonds is 10. The first-order valence-corrected chi connectivity index (χ1v) is 9.09. The fourth-order valence-corrected chi connectivity index (χ4v) is 3.17. The van der Waals surface area contributed by atoms with Crippen molar-refractivity contribution in [2.45, 2.75) is 51.2 Å². The van der Waals surface area contributed by atoms with E-state index in [2.05, 4.69) is 18.5 Å². The van der Waals surface area contributed by atoms with E-state index in [1.807, 2.05) is 30.3 Å². The molecule has 136 valence electrons. The molecule has 1 aromatic carbocycles. The van der Waals surface area contributed by atoms with Crippen LogP contribution in [-0.4, -0.2) is 23.2 Å². The van der Waals surface area contributed by atoms with E-state index in [0.29, 0.717) is 5.92 Å². The Morgan fingerprint density at radius 3 is 2.76 bits per heavy atom. The van der Waals surface area contributed by atoms with Gasteiger partial charge in [-0.3, -0.25) is 4.98 Å². The number of benzene rings is 1. The standard InChI is InChI=1S/C21H30N2O2/c1-4-6-7-15(5-2)8-10-19(22)21(24)17-12-13-23-20-11-9-16(25-3)14-18(17)20/h5,9,11-15,19,21,24H,2,4,6-8,10,22H2,1,3H3/t15-,19-,21+/m0/s1. The fraction of sp³-hybridized carbons (Fsp3) is 0.476. The number of methoxy groups -OCH3 is 1. The maximum atomic E-state index is 10.8. The van der Waals surface area contributed by atoms with E-state index in [4.69, 9.17) is 10.5 Å². The van der Waals surface area contributed by atoms with Gasteiger partial charge >= 0.3 is 0 Å². The van der Waals surface area contributed by atoms with Crippen molar-refractivity contribution in [2.24, 2.45) is 11.7 Å². The number of fused-ring (bicyclic) bond motifs is 1. The molecular formula is C21H30N2O2. The number of aliphatic hydroxyl groups excluding tert-OH is 1. The molecule has 1 aromatic heterocycles. The van der Waals surface area contributed by atoms with Crippen molar-refractivity contribution in [1.82, 2.24) is 4.98 Å². The van der Waals surface area contributed by atoms with Crippen LogP contribution in [-0.2, 0) is 0 Å². The van der Waals surface area contributed by atoms with Crippen LogP contribution in [0.15, 0.2) is 43.1 Å². The van der Waals surface area contributed by atoms with Gasteiger partial charge in [-0.1, -0.05) is 25.8 Å². The van der Waals surface area contributed by atoms with Gasteiger partial charge in [-0.2, -0.15) is 0 Å². The lowest BCUT2D eigenvalue weighted by molar-refractivity contribution is 0.140. The Bertz CT molecular complexity index is 687. The van der Waals surface area contributed by atoms with E-state index in [9.17, 15) is 5.11 Å². The van der Waals surface area contributed by atoms with Crippen molar-refractivity contribution >= 4 is 10.9 Å². The summed E-state index contributed by atoms with van der Waals surface area (Å²) in [5.41, 5.74) is 7.94. The van der Waals surface area contributed by atoms with Crippen LogP contribution in [0.25, 0.3) is 10.9 Å². The molecule has 4 heteroatoms. The summed E-state index contributed by atoms with van der Waals surface area (Å²) in [4.78, 5) is 4.36. The van der Waals surface area contributed by atoms with Gasteiger partial charge in [-0.05, 0) is 55.0 Å². The third-order valence-corrected chi connectivity index (χ3v) is 4.84. The third kappa shape index (κ3) is 5.03. The quantitative estimate of drug-likeness (QED) is 0.629. The molecule has 2 aromatic rings. The molecule has 3 atom stereocenters. The van der Waals surface area contributed by atoms with Gasteiger partial charge in [0.1, 0.15) is 5.75 Å². The zero-order chi connectivity index (χ0) is 18.2. The molecule has 0 aliphatic heterocycles. The second-order valence-corrected chi connectivity index (χ2v) is 6.61. The first-order valence-electron chi connectivity index (χ1n) is 9.09. The lowest BCUT2D eigenvalue weighted by Crippen LogP contribution is -2.29. The molecular weight excluding hydrogens is 312 g/mol. The maximum Gasteiger partial charge on any atom is 0.119 e. The Morgan fingerprint density at radius 1 is 1.28 bits per heavy atom. The van der Waals surface area contributed by atoms with E-state index in [0.717, 1.165) is 41.5 Å². The SMILES string of the molecule is C=C[C@@H](CCCC)CC[C@H](N)[C@H](O)c1ccnc2ccc(OC)cc12. The van der Waals surface area contributed by atoms with Crippen LogP contribution < -0.4 is 10.5 Å². The number of unbranched alkanes of at least 4 members (excludes halogenated alkanes) is 1. The number of aliphatic hydroxyl groups is 1. The summed E-state index contributed by atoms with van der Waals surface area (Å²) >= 11 is 0. The van der Waals surface area contributed by atoms with Crippen LogP contribution in [0.3, 0.4) is 0 Å². The van der Waals surface area contributed by atoms with Gasteiger partial charge in [-0.15, -0.1) is 6.58 Å². The van der Waals surface area contributed by atoms with Gasteiger partial charge in [0, 0.05) is 17.6 Å². The first kappa shape index (κ1) is 19.4. The van der Waals surface area contributed by atoms with Crippen LogP contribution in [0.5, 0.6) is 5.75 Å². The minimum atomic E-state index is -0.728. The number of hydrogen-bond acceptors (Lipinski definition) is 4. The molecule has 0 aliphatic carbocycles. The molecule has 0 saturated carbocycles. The van der Waals surface area contributed by atoms with E-state index in [-0.39, 0.29) is 6.04 Å². The third-order valence-electron chi connectivity index (χ3n) is 4.84. The number of nitrogens with zero attached hydrogens (tertiary/aromatic N) is 1. The molecule has 0 aliphatic rings. The molecule has 25 heavy (non-hydrogen) atoms. The summed E-state index contributed by atoms with van der Waals surface area (Å²) in [7, 11) is 1.63. The van der Waals surface area contributed by atoms with Gasteiger partial charge in [0.25, 0.3) is 0 Å². The topological polar surface area (TPSA) is 68.4 Å². The van der Waals surface area contributed by atoms with Crippen LogP contribution >= 0.6 is 0 Å². The number of nitrogens with two attached hydrogens (primary N) is 1. The van der Waals surface area contributed by atoms with Crippen LogP contribution in [0.2, 0.25) is 0 Å². The average Bonchev–Trinajstić information content (AvgIpc) is 2.66. The monoisotopic (exact) mass is 342 g/mol. The second kappa shape index (κ2) is 9.54. The van der Waals surface area contributed by atoms with Crippen molar-refractivity contribution in [3.63, 3.8) is 0 Å². The van der Waals surface area contributed by atoms with E-state index in [1.54, 1.807) is 13.3 Å². The smallest absolute Gasteiger partial charge is 0.119 e. The van der Waals surface area contributed by atoms with Crippen LogP contribution in [0, 0.1) is 5.92 Å². The Kier molecular flexibility index (Phi) is 7.41. The highest BCUT2D eigenvalue weighted by atomic mass is 16.5. The molecule has 2 rings (SSSR count). The van der Waals surface area contributed by atoms with Crippen LogP contribution in [0.4, 0.5) is 0 Å². The summed E-state index contributed by atoms with van der Waals surface area (Å²) in [5.74, 6) is 1.21. The Balaban J connectivity index is 2.12. The summed E-state index contributed by atoms with van der Waals surface area (Å²) in [6, 6.07) is 7.19. The van der Waals surface area contributed by atoms with Crippen molar-refractivity contribution < 1.29 is 9.84 Å². The minimum Gasteiger partial charge on any atom is -0.497 e. The predicted molar refractivity (Wildman–Crippen MR) is 104 cm³/mol. The van der Waals surface area contributed by atoms with E-state index in [1.165, 1.54) is 12.8 Å². The average molecular weight is 342 g/mol. The van der Waals surface area contributed by atoms with Gasteiger partial charge in [0.15, 0.2) is 0 Å². The summed E-state index contributed by atoms with van der Waals surface area (Å²) in [6.07, 6.45) is 8.23. The molecule has 0 unspecified atom stereocenters. The molecule has 4 nitrogen and oxygen atoms in total. The highest BCUT2D eigenvalue weighted by molar-refractivity contribution is 5.83. The summed E-state index contributed by atoms with van der Waals surface area (Å²) in [5, 5.41) is 11.7. The van der Waals surface area contributed by atoms with Gasteiger partial charge < -0.3 is 15.6 Å². The zero-order valence-corrected chi connectivity index (χ0v) is 15.3. The molecule has 0 radical (unpaired) electrons. The van der Waals surface area contributed by atoms with Crippen molar-refractivity contribution in [3.05, 3.63) is 48.7 Å². The van der Waals surface area contributed by atoms with E-state index >= 15 is 0 Å². The molecule has 0 spiro atoms. The molecule has 0 amide bonds. The second-order valence-electron chi connectivity index (χ2n) is 6.61. The van der Waals surface area contributed by atoms with Gasteiger partial charge in [-0.25, -0.2) is 0 Å². The molecule has 0 fully saturated rings. The number of pyridine rings is 1. The predicted octanol–water partition coefficient (Wildman–Crippen LogP) is 4.38. The maximum absolute atomic E-state index is 10.8. The summed E-state index contributed by atoms with van der Waals surface area (Å²) in [6.45, 7) is 6.12. The fourth-order valence-electron chi connectivity index (χ4n) is 3.17. The van der Waals surface area contributed by atoms with Crippen molar-refractivity contribution in [3.8, 4) is 5.75 Å². The Hall–Kier alpha value is -1.91. The van der Waals surface area contributed by atoms with Gasteiger partial charge in [0.05, 0.1) is 18.7 Å². The number of ether oxygens (including phenoxy) is 1. The van der Waals surface area contributed by atoms with Crippen molar-refractivity contribution in [2.75, 3.05) is 7.11 Å². The summed E-state index contributed by atoms with van der Waals surface area (Å²) < 4.78 is 5.30. The normalized spacial score (nSPS) is 14.9. The van der Waals surface area contributed by atoms with Crippen LogP contribution in [0.1, 0.15) is 50.7 Å². The largest absolute Gasteiger partial charge is 0.497 e. The molecule has 3 N–H and O–H groups in total. The van der Waals surface area contributed by atoms with E-state index < -0.39 is 6.10 Å². The molecule has 0 saturated heterocycles. The lowest BCUT2D eigenvalue weighted by Gasteiger charge is -2.22. The lowest BCUT2D eigenvalue weighted by atomic mass is 9.91. The minimum absolute atomic E-state index is 0.319. The van der Waals surface area contributed by atoms with Crippen molar-refractivity contribution in [1.29, 1.82) is 0 Å². The zero-order valence-electron chi connectivity index (χ0n) is 15.3.